The summed E-state index contributed by atoms with van der Waals surface area (Å²) in [5, 5.41) is 3.55. The number of carbonyl (C=O) groups excluding carboxylic acids is 1. The third-order valence-corrected chi connectivity index (χ3v) is 4.26. The minimum atomic E-state index is -0.371. The average molecular weight is 269 g/mol. The lowest BCUT2D eigenvalue weighted by Crippen LogP contribution is -2.44. The first kappa shape index (κ1) is 16.4. The van der Waals surface area contributed by atoms with Crippen molar-refractivity contribution < 1.29 is 4.79 Å². The highest BCUT2D eigenvalue weighted by atomic mass is 16.2. The first-order valence-electron chi connectivity index (χ1n) is 7.61. The fourth-order valence-corrected chi connectivity index (χ4v) is 2.55. The molecule has 19 heavy (non-hydrogen) atoms. The Hall–Kier alpha value is -0.610. The topological polar surface area (TPSA) is 35.6 Å². The summed E-state index contributed by atoms with van der Waals surface area (Å²) in [6.45, 7) is 13.5. The molecule has 1 rings (SSSR count). The zero-order chi connectivity index (χ0) is 14.6. The number of nitrogens with zero attached hydrogens (tertiary/aromatic N) is 2. The Morgan fingerprint density at radius 3 is 2.53 bits per heavy atom. The summed E-state index contributed by atoms with van der Waals surface area (Å²) >= 11 is 0. The van der Waals surface area contributed by atoms with E-state index < -0.39 is 0 Å². The minimum absolute atomic E-state index is 0.197. The van der Waals surface area contributed by atoms with Crippen molar-refractivity contribution in [3.63, 3.8) is 0 Å². The summed E-state index contributed by atoms with van der Waals surface area (Å²) in [6.07, 6.45) is 2.07. The second-order valence-electron chi connectivity index (χ2n) is 6.37. The molecular weight excluding hydrogens is 238 g/mol. The standard InChI is InChI=1S/C15H31N3O/c1-7-15(5)14(19)18(10-9-17(6)8-2)13(16-15)11-12(3)4/h12-13,16H,7-11H2,1-6H3. The zero-order valence-corrected chi connectivity index (χ0v) is 13.5. The van der Waals surface area contributed by atoms with Gasteiger partial charge in [0.1, 0.15) is 0 Å². The van der Waals surface area contributed by atoms with Crippen molar-refractivity contribution >= 4 is 5.91 Å². The monoisotopic (exact) mass is 269 g/mol. The van der Waals surface area contributed by atoms with Crippen molar-refractivity contribution in [3.05, 3.63) is 0 Å². The van der Waals surface area contributed by atoms with E-state index in [1.54, 1.807) is 0 Å². The first-order valence-corrected chi connectivity index (χ1v) is 7.61. The Morgan fingerprint density at radius 1 is 1.42 bits per heavy atom. The van der Waals surface area contributed by atoms with Crippen LogP contribution in [0.4, 0.5) is 0 Å². The molecule has 2 atom stereocenters. The Bertz CT molecular complexity index is 306. The van der Waals surface area contributed by atoms with Crippen LogP contribution in [0.25, 0.3) is 0 Å². The summed E-state index contributed by atoms with van der Waals surface area (Å²) in [5.41, 5.74) is -0.371. The fourth-order valence-electron chi connectivity index (χ4n) is 2.55. The summed E-state index contributed by atoms with van der Waals surface area (Å²) in [5.74, 6) is 0.862. The molecule has 1 saturated heterocycles. The lowest BCUT2D eigenvalue weighted by molar-refractivity contribution is -0.133. The van der Waals surface area contributed by atoms with Crippen LogP contribution in [0.5, 0.6) is 0 Å². The maximum absolute atomic E-state index is 12.6. The number of likely N-dealkylation sites (N-methyl/N-ethyl adjacent to an activating group) is 1. The third-order valence-electron chi connectivity index (χ3n) is 4.26. The molecule has 2 unspecified atom stereocenters. The van der Waals surface area contributed by atoms with Crippen LogP contribution in [-0.4, -0.2) is 54.1 Å². The molecule has 1 aliphatic rings. The van der Waals surface area contributed by atoms with Gasteiger partial charge in [-0.2, -0.15) is 0 Å². The molecule has 1 fully saturated rings. The van der Waals surface area contributed by atoms with Crippen molar-refractivity contribution in [1.29, 1.82) is 0 Å². The van der Waals surface area contributed by atoms with E-state index in [2.05, 4.69) is 49.9 Å². The van der Waals surface area contributed by atoms with Crippen LogP contribution >= 0.6 is 0 Å². The van der Waals surface area contributed by atoms with Crippen molar-refractivity contribution in [2.75, 3.05) is 26.7 Å². The van der Waals surface area contributed by atoms with E-state index in [9.17, 15) is 4.79 Å². The van der Waals surface area contributed by atoms with Crippen LogP contribution in [0.1, 0.15) is 47.5 Å². The van der Waals surface area contributed by atoms with Gasteiger partial charge in [0.05, 0.1) is 11.7 Å². The van der Waals surface area contributed by atoms with E-state index in [-0.39, 0.29) is 17.6 Å². The van der Waals surface area contributed by atoms with Gasteiger partial charge in [0.2, 0.25) is 5.91 Å². The zero-order valence-electron chi connectivity index (χ0n) is 13.5. The predicted molar refractivity (Wildman–Crippen MR) is 80.0 cm³/mol. The highest BCUT2D eigenvalue weighted by Gasteiger charge is 2.46. The second kappa shape index (κ2) is 6.71. The van der Waals surface area contributed by atoms with Gasteiger partial charge in [-0.05, 0) is 39.3 Å². The van der Waals surface area contributed by atoms with E-state index in [1.807, 2.05) is 6.92 Å². The molecule has 0 spiro atoms. The lowest BCUT2D eigenvalue weighted by Gasteiger charge is -2.27. The van der Waals surface area contributed by atoms with Crippen LogP contribution < -0.4 is 5.32 Å². The molecule has 0 aromatic rings. The smallest absolute Gasteiger partial charge is 0.243 e. The number of hydrogen-bond acceptors (Lipinski definition) is 3. The number of hydrogen-bond donors (Lipinski definition) is 1. The van der Waals surface area contributed by atoms with E-state index in [0.29, 0.717) is 5.92 Å². The normalized spacial score (nSPS) is 27.9. The molecule has 4 heteroatoms. The van der Waals surface area contributed by atoms with E-state index in [1.165, 1.54) is 0 Å². The lowest BCUT2D eigenvalue weighted by atomic mass is 9.99. The molecule has 112 valence electrons. The molecule has 1 amide bonds. The summed E-state index contributed by atoms with van der Waals surface area (Å²) in [7, 11) is 2.10. The van der Waals surface area contributed by atoms with Crippen LogP contribution in [0, 0.1) is 5.92 Å². The van der Waals surface area contributed by atoms with Gasteiger partial charge in [0, 0.05) is 13.1 Å². The van der Waals surface area contributed by atoms with Gasteiger partial charge in [0.25, 0.3) is 0 Å². The molecular formula is C15H31N3O. The summed E-state index contributed by atoms with van der Waals surface area (Å²) < 4.78 is 0. The Labute approximate surface area is 118 Å². The largest absolute Gasteiger partial charge is 0.324 e. The average Bonchev–Trinajstić information content (AvgIpc) is 2.59. The first-order chi connectivity index (χ1) is 8.84. The van der Waals surface area contributed by atoms with Gasteiger partial charge >= 0.3 is 0 Å². The van der Waals surface area contributed by atoms with Crippen LogP contribution in [0.3, 0.4) is 0 Å². The molecule has 1 N–H and O–H groups in total. The Kier molecular flexibility index (Phi) is 5.81. The third kappa shape index (κ3) is 3.93. The highest BCUT2D eigenvalue weighted by molar-refractivity contribution is 5.88. The molecule has 0 aromatic heterocycles. The number of nitrogens with one attached hydrogen (secondary N) is 1. The molecule has 0 aliphatic carbocycles. The SMILES string of the molecule is CCN(C)CCN1C(=O)C(C)(CC)NC1CC(C)C. The van der Waals surface area contributed by atoms with Gasteiger partial charge in [-0.3, -0.25) is 10.1 Å². The van der Waals surface area contributed by atoms with Gasteiger partial charge < -0.3 is 9.80 Å². The molecule has 0 aromatic carbocycles. The molecule has 1 heterocycles. The Balaban J connectivity index is 2.74. The second-order valence-corrected chi connectivity index (χ2v) is 6.37. The number of amides is 1. The van der Waals surface area contributed by atoms with Crippen molar-refractivity contribution in [2.24, 2.45) is 5.92 Å². The van der Waals surface area contributed by atoms with E-state index in [4.69, 9.17) is 0 Å². The summed E-state index contributed by atoms with van der Waals surface area (Å²) in [4.78, 5) is 16.9. The van der Waals surface area contributed by atoms with Crippen molar-refractivity contribution in [3.8, 4) is 0 Å². The maximum atomic E-state index is 12.6. The number of carbonyl (C=O) groups is 1. The van der Waals surface area contributed by atoms with Crippen LogP contribution in [0.2, 0.25) is 0 Å². The van der Waals surface area contributed by atoms with E-state index >= 15 is 0 Å². The Morgan fingerprint density at radius 2 is 2.05 bits per heavy atom. The predicted octanol–water partition coefficient (Wildman–Crippen LogP) is 1.91. The molecule has 4 nitrogen and oxygen atoms in total. The maximum Gasteiger partial charge on any atom is 0.243 e. The summed E-state index contributed by atoms with van der Waals surface area (Å²) in [6, 6.07) is 0. The van der Waals surface area contributed by atoms with Gasteiger partial charge in [-0.25, -0.2) is 0 Å². The van der Waals surface area contributed by atoms with Crippen LogP contribution in [0.15, 0.2) is 0 Å². The fraction of sp³-hybridized carbons (Fsp3) is 0.933. The molecule has 0 radical (unpaired) electrons. The molecule has 0 saturated carbocycles. The van der Waals surface area contributed by atoms with Gasteiger partial charge in [-0.1, -0.05) is 27.7 Å². The minimum Gasteiger partial charge on any atom is -0.324 e. The van der Waals surface area contributed by atoms with Gasteiger partial charge in [-0.15, -0.1) is 0 Å². The van der Waals surface area contributed by atoms with Gasteiger partial charge in [0.15, 0.2) is 0 Å². The van der Waals surface area contributed by atoms with Crippen molar-refractivity contribution in [2.45, 2.75) is 59.2 Å². The quantitative estimate of drug-likeness (QED) is 0.767. The van der Waals surface area contributed by atoms with Crippen molar-refractivity contribution in [1.82, 2.24) is 15.1 Å². The van der Waals surface area contributed by atoms with Crippen LogP contribution in [-0.2, 0) is 4.79 Å². The number of rotatable bonds is 7. The molecule has 0 bridgehead atoms. The highest BCUT2D eigenvalue weighted by Crippen LogP contribution is 2.26. The van der Waals surface area contributed by atoms with E-state index in [0.717, 1.165) is 32.5 Å². The molecule has 1 aliphatic heterocycles.